The van der Waals surface area contributed by atoms with E-state index in [-0.39, 0.29) is 6.42 Å². The van der Waals surface area contributed by atoms with E-state index in [0.29, 0.717) is 12.2 Å². The first-order chi connectivity index (χ1) is 7.72. The van der Waals surface area contributed by atoms with Crippen molar-refractivity contribution < 1.29 is 19.1 Å². The van der Waals surface area contributed by atoms with Crippen LogP contribution in [-0.2, 0) is 11.2 Å². The van der Waals surface area contributed by atoms with Crippen molar-refractivity contribution in [1.82, 2.24) is 0 Å². The van der Waals surface area contributed by atoms with Crippen molar-refractivity contribution in [3.63, 3.8) is 0 Å². The Bertz CT molecular complexity index is 513. The first-order valence-electron chi connectivity index (χ1n) is 4.97. The summed E-state index contributed by atoms with van der Waals surface area (Å²) in [5.74, 6) is -0.101. The monoisotopic (exact) mass is 220 g/mol. The molecule has 0 amide bonds. The van der Waals surface area contributed by atoms with Crippen molar-refractivity contribution in [2.75, 3.05) is 7.11 Å². The van der Waals surface area contributed by atoms with Gasteiger partial charge in [0.25, 0.3) is 0 Å². The molecule has 0 aliphatic carbocycles. The molecule has 84 valence electrons. The number of furan rings is 1. The van der Waals surface area contributed by atoms with Gasteiger partial charge >= 0.3 is 5.97 Å². The van der Waals surface area contributed by atoms with Gasteiger partial charge in [0.05, 0.1) is 18.8 Å². The molecule has 0 saturated heterocycles. The molecule has 1 aromatic carbocycles. The predicted molar refractivity (Wildman–Crippen MR) is 58.7 cm³/mol. The van der Waals surface area contributed by atoms with Crippen molar-refractivity contribution in [2.45, 2.75) is 12.8 Å². The molecular weight excluding hydrogens is 208 g/mol. The molecule has 0 radical (unpaired) electrons. The second-order valence-corrected chi connectivity index (χ2v) is 3.49. The lowest BCUT2D eigenvalue weighted by atomic mass is 10.1. The van der Waals surface area contributed by atoms with Crippen molar-refractivity contribution in [2.24, 2.45) is 0 Å². The highest BCUT2D eigenvalue weighted by molar-refractivity contribution is 5.87. The maximum atomic E-state index is 10.5. The van der Waals surface area contributed by atoms with Gasteiger partial charge in [0.2, 0.25) is 0 Å². The van der Waals surface area contributed by atoms with Gasteiger partial charge in [0, 0.05) is 12.0 Å². The Balaban J connectivity index is 2.41. The highest BCUT2D eigenvalue weighted by atomic mass is 16.5. The third-order valence-electron chi connectivity index (χ3n) is 2.47. The molecule has 0 unspecified atom stereocenters. The fraction of sp³-hybridized carbons (Fsp3) is 0.250. The first-order valence-corrected chi connectivity index (χ1v) is 4.97. The Kier molecular flexibility index (Phi) is 2.81. The number of carboxylic acid groups (broad SMARTS) is 1. The van der Waals surface area contributed by atoms with Gasteiger partial charge in [-0.05, 0) is 18.6 Å². The second kappa shape index (κ2) is 4.26. The molecule has 0 fully saturated rings. The van der Waals surface area contributed by atoms with Gasteiger partial charge in [-0.2, -0.15) is 0 Å². The number of benzene rings is 1. The number of ether oxygens (including phenoxy) is 1. The van der Waals surface area contributed by atoms with Gasteiger partial charge < -0.3 is 14.3 Å². The quantitative estimate of drug-likeness (QED) is 0.859. The zero-order valence-corrected chi connectivity index (χ0v) is 8.90. The van der Waals surface area contributed by atoms with Crippen molar-refractivity contribution in [3.8, 4) is 5.75 Å². The molecule has 1 heterocycles. The number of carbonyl (C=O) groups is 1. The van der Waals surface area contributed by atoms with Crippen LogP contribution in [0.15, 0.2) is 28.9 Å². The zero-order valence-electron chi connectivity index (χ0n) is 8.90. The second-order valence-electron chi connectivity index (χ2n) is 3.49. The van der Waals surface area contributed by atoms with Crippen LogP contribution in [0.25, 0.3) is 11.0 Å². The summed E-state index contributed by atoms with van der Waals surface area (Å²) in [6, 6.07) is 5.51. The molecule has 2 rings (SSSR count). The predicted octanol–water partition coefficient (Wildman–Crippen LogP) is 2.46. The fourth-order valence-corrected chi connectivity index (χ4v) is 1.71. The Morgan fingerprint density at radius 1 is 1.50 bits per heavy atom. The molecule has 0 aliphatic rings. The summed E-state index contributed by atoms with van der Waals surface area (Å²) in [4.78, 5) is 10.5. The van der Waals surface area contributed by atoms with Crippen LogP contribution in [-0.4, -0.2) is 18.2 Å². The van der Waals surface area contributed by atoms with Crippen LogP contribution in [0.1, 0.15) is 12.0 Å². The summed E-state index contributed by atoms with van der Waals surface area (Å²) < 4.78 is 10.6. The lowest BCUT2D eigenvalue weighted by Crippen LogP contribution is -1.97. The summed E-state index contributed by atoms with van der Waals surface area (Å²) in [6.45, 7) is 0. The number of hydrogen-bond acceptors (Lipinski definition) is 3. The highest BCUT2D eigenvalue weighted by Gasteiger charge is 2.11. The van der Waals surface area contributed by atoms with Crippen LogP contribution < -0.4 is 4.74 Å². The summed E-state index contributed by atoms with van der Waals surface area (Å²) in [5.41, 5.74) is 1.59. The SMILES string of the molecule is COc1cccc2occ(CCC(=O)O)c12. The van der Waals surface area contributed by atoms with E-state index >= 15 is 0 Å². The number of carboxylic acids is 1. The Morgan fingerprint density at radius 2 is 2.31 bits per heavy atom. The molecule has 4 nitrogen and oxygen atoms in total. The lowest BCUT2D eigenvalue weighted by Gasteiger charge is -2.02. The molecular formula is C12H12O4. The van der Waals surface area contributed by atoms with Gasteiger partial charge in [-0.3, -0.25) is 4.79 Å². The third-order valence-corrected chi connectivity index (χ3v) is 2.47. The average molecular weight is 220 g/mol. The summed E-state index contributed by atoms with van der Waals surface area (Å²) in [6.07, 6.45) is 2.13. The third kappa shape index (κ3) is 1.86. The van der Waals surface area contributed by atoms with Gasteiger partial charge in [-0.25, -0.2) is 0 Å². The van der Waals surface area contributed by atoms with E-state index in [1.54, 1.807) is 13.4 Å². The van der Waals surface area contributed by atoms with Gasteiger partial charge in [-0.15, -0.1) is 0 Å². The number of aryl methyl sites for hydroxylation is 1. The standard InChI is InChI=1S/C12H12O4/c1-15-9-3-2-4-10-12(9)8(7-16-10)5-6-11(13)14/h2-4,7H,5-6H2,1H3,(H,13,14). The van der Waals surface area contributed by atoms with Crippen molar-refractivity contribution in [3.05, 3.63) is 30.0 Å². The lowest BCUT2D eigenvalue weighted by molar-refractivity contribution is -0.136. The molecule has 1 aromatic heterocycles. The molecule has 0 saturated carbocycles. The van der Waals surface area contributed by atoms with Gasteiger partial charge in [0.15, 0.2) is 0 Å². The van der Waals surface area contributed by atoms with Crippen LogP contribution in [0.3, 0.4) is 0 Å². The highest BCUT2D eigenvalue weighted by Crippen LogP contribution is 2.30. The van der Waals surface area contributed by atoms with Crippen LogP contribution >= 0.6 is 0 Å². The van der Waals surface area contributed by atoms with Crippen molar-refractivity contribution in [1.29, 1.82) is 0 Å². The van der Waals surface area contributed by atoms with E-state index in [2.05, 4.69) is 0 Å². The summed E-state index contributed by atoms with van der Waals surface area (Å²) in [5, 5.41) is 9.52. The molecule has 4 heteroatoms. The molecule has 0 spiro atoms. The van der Waals surface area contributed by atoms with Crippen LogP contribution in [0, 0.1) is 0 Å². The normalized spacial score (nSPS) is 10.6. The number of fused-ring (bicyclic) bond motifs is 1. The van der Waals surface area contributed by atoms with Crippen LogP contribution in [0.5, 0.6) is 5.75 Å². The van der Waals surface area contributed by atoms with E-state index in [4.69, 9.17) is 14.3 Å². The summed E-state index contributed by atoms with van der Waals surface area (Å²) in [7, 11) is 1.59. The molecule has 0 aliphatic heterocycles. The molecule has 0 bridgehead atoms. The van der Waals surface area contributed by atoms with E-state index in [1.807, 2.05) is 18.2 Å². The van der Waals surface area contributed by atoms with E-state index in [9.17, 15) is 4.79 Å². The number of aliphatic carboxylic acids is 1. The fourth-order valence-electron chi connectivity index (χ4n) is 1.71. The molecule has 0 atom stereocenters. The van der Waals surface area contributed by atoms with Gasteiger partial charge in [-0.1, -0.05) is 6.07 Å². The molecule has 2 aromatic rings. The average Bonchev–Trinajstić information content (AvgIpc) is 2.69. The maximum Gasteiger partial charge on any atom is 0.303 e. The molecule has 16 heavy (non-hydrogen) atoms. The number of rotatable bonds is 4. The zero-order chi connectivity index (χ0) is 11.5. The Hall–Kier alpha value is -1.97. The molecule has 1 N–H and O–H groups in total. The minimum atomic E-state index is -0.816. The van der Waals surface area contributed by atoms with Gasteiger partial charge in [0.1, 0.15) is 11.3 Å². The topological polar surface area (TPSA) is 59.7 Å². The minimum absolute atomic E-state index is 0.0900. The van der Waals surface area contributed by atoms with E-state index in [0.717, 1.165) is 16.5 Å². The summed E-state index contributed by atoms with van der Waals surface area (Å²) >= 11 is 0. The largest absolute Gasteiger partial charge is 0.496 e. The number of methoxy groups -OCH3 is 1. The van der Waals surface area contributed by atoms with Crippen LogP contribution in [0.2, 0.25) is 0 Å². The Morgan fingerprint density at radius 3 is 3.00 bits per heavy atom. The maximum absolute atomic E-state index is 10.5. The van der Waals surface area contributed by atoms with E-state index in [1.165, 1.54) is 0 Å². The van der Waals surface area contributed by atoms with Crippen LogP contribution in [0.4, 0.5) is 0 Å². The first kappa shape index (κ1) is 10.5. The smallest absolute Gasteiger partial charge is 0.303 e. The van der Waals surface area contributed by atoms with Crippen molar-refractivity contribution >= 4 is 16.9 Å². The Labute approximate surface area is 92.4 Å². The van der Waals surface area contributed by atoms with E-state index < -0.39 is 5.97 Å². The number of hydrogen-bond donors (Lipinski definition) is 1. The minimum Gasteiger partial charge on any atom is -0.496 e.